The molecule has 0 bridgehead atoms. The van der Waals surface area contributed by atoms with Crippen molar-refractivity contribution >= 4 is 5.91 Å². The molecule has 4 nitrogen and oxygen atoms in total. The van der Waals surface area contributed by atoms with E-state index in [0.717, 1.165) is 122 Å². The first kappa shape index (κ1) is 78.8. The van der Waals surface area contributed by atoms with E-state index >= 15 is 0 Å². The van der Waals surface area contributed by atoms with Crippen LogP contribution in [0.15, 0.2) is 170 Å². The number of unbranched alkanes of at least 4 members (excludes halogenated alkanes) is 29. The molecule has 0 saturated heterocycles. The van der Waals surface area contributed by atoms with Gasteiger partial charge in [0.25, 0.3) is 0 Å². The van der Waals surface area contributed by atoms with Gasteiger partial charge in [0.05, 0.1) is 18.8 Å². The van der Waals surface area contributed by atoms with Gasteiger partial charge in [0, 0.05) is 6.42 Å². The lowest BCUT2D eigenvalue weighted by Gasteiger charge is -2.19. The summed E-state index contributed by atoms with van der Waals surface area (Å²) >= 11 is 0. The van der Waals surface area contributed by atoms with Gasteiger partial charge in [-0.15, -0.1) is 0 Å². The molecule has 83 heavy (non-hydrogen) atoms. The van der Waals surface area contributed by atoms with Gasteiger partial charge in [-0.1, -0.05) is 338 Å². The maximum absolute atomic E-state index is 12.5. The standard InChI is InChI=1S/C79H131NO3/c1-3-5-7-9-11-13-15-17-19-21-23-25-27-29-31-33-35-36-37-38-39-40-41-42-43-44-45-47-49-51-53-55-57-59-61-63-65-67-69-71-73-75-79(83)80-77(76-81)78(82)74-72-70-68-66-64-62-60-58-56-54-52-50-48-46-34-32-30-28-26-24-22-20-18-16-14-12-10-8-6-4-2/h5,7,11,13,17,19,23,25,29,31,35-36,38-39,41-42,44-45,49,51,55-58,64,66,72,74,77-78,81-82H,3-4,6,8-10,12,14-16,18,20-22,24,26-28,30,32-34,37,40,43,46-48,50,52-54,59-63,65,67-71,73,75-76H2,1-2H3,(H,80,83)/b7-5-,13-11-,19-17-,25-23-,31-29-,36-35-,39-38-,42-41-,45-44-,51-49-,57-55-,58-56+,66-64+,74-72+. The average Bonchev–Trinajstić information content (AvgIpc) is 3.51. The molecule has 0 aliphatic carbocycles. The molecule has 0 aromatic carbocycles. The minimum absolute atomic E-state index is 0.0940. The van der Waals surface area contributed by atoms with Gasteiger partial charge in [-0.3, -0.25) is 4.79 Å². The van der Waals surface area contributed by atoms with Gasteiger partial charge in [0.2, 0.25) is 5.91 Å². The Morgan fingerprint density at radius 2 is 0.542 bits per heavy atom. The minimum Gasteiger partial charge on any atom is -0.394 e. The molecule has 3 N–H and O–H groups in total. The smallest absolute Gasteiger partial charge is 0.220 e. The van der Waals surface area contributed by atoms with Gasteiger partial charge in [-0.05, 0) is 128 Å². The lowest BCUT2D eigenvalue weighted by Crippen LogP contribution is -2.45. The molecule has 2 atom stereocenters. The Morgan fingerprint density at radius 1 is 0.301 bits per heavy atom. The van der Waals surface area contributed by atoms with Crippen LogP contribution >= 0.6 is 0 Å². The molecule has 0 spiro atoms. The molecule has 4 heteroatoms. The van der Waals surface area contributed by atoms with Gasteiger partial charge in [-0.25, -0.2) is 0 Å². The fourth-order valence-electron chi connectivity index (χ4n) is 9.69. The van der Waals surface area contributed by atoms with Gasteiger partial charge >= 0.3 is 0 Å². The number of aliphatic hydroxyl groups excluding tert-OH is 2. The molecule has 1 amide bonds. The highest BCUT2D eigenvalue weighted by Crippen LogP contribution is 2.16. The summed E-state index contributed by atoms with van der Waals surface area (Å²) in [5.41, 5.74) is 0. The van der Waals surface area contributed by atoms with Crippen molar-refractivity contribution in [3.63, 3.8) is 0 Å². The predicted octanol–water partition coefficient (Wildman–Crippen LogP) is 24.2. The van der Waals surface area contributed by atoms with Crippen LogP contribution in [0.2, 0.25) is 0 Å². The summed E-state index contributed by atoms with van der Waals surface area (Å²) in [6, 6.07) is -0.666. The average molecular weight is 1140 g/mol. The zero-order chi connectivity index (χ0) is 59.8. The van der Waals surface area contributed by atoms with Crippen LogP contribution in [0.25, 0.3) is 0 Å². The van der Waals surface area contributed by atoms with E-state index in [1.807, 2.05) is 6.08 Å². The number of carbonyl (C=O) groups is 1. The van der Waals surface area contributed by atoms with Crippen LogP contribution in [0.3, 0.4) is 0 Å². The Kier molecular flexibility index (Phi) is 68.3. The number of allylic oxidation sites excluding steroid dienone is 27. The third-order valence-electron chi connectivity index (χ3n) is 14.9. The summed E-state index contributed by atoms with van der Waals surface area (Å²) in [4.78, 5) is 12.5. The third-order valence-corrected chi connectivity index (χ3v) is 14.9. The molecule has 0 aliphatic rings. The zero-order valence-electron chi connectivity index (χ0n) is 54.2. The van der Waals surface area contributed by atoms with Crippen molar-refractivity contribution in [2.75, 3.05) is 6.61 Å². The van der Waals surface area contributed by atoms with E-state index in [4.69, 9.17) is 0 Å². The second kappa shape index (κ2) is 72.0. The number of hydrogen-bond donors (Lipinski definition) is 3. The topological polar surface area (TPSA) is 69.6 Å². The van der Waals surface area contributed by atoms with Gasteiger partial charge in [0.15, 0.2) is 0 Å². The number of nitrogens with one attached hydrogen (secondary N) is 1. The van der Waals surface area contributed by atoms with Crippen LogP contribution in [0, 0.1) is 0 Å². The first-order chi connectivity index (χ1) is 41.2. The van der Waals surface area contributed by atoms with Crippen LogP contribution in [-0.2, 0) is 4.79 Å². The van der Waals surface area contributed by atoms with Crippen LogP contribution in [-0.4, -0.2) is 34.9 Å². The molecular formula is C79H131NO3. The van der Waals surface area contributed by atoms with Gasteiger partial charge < -0.3 is 15.5 Å². The Bertz CT molecular complexity index is 1780. The number of aliphatic hydroxyl groups is 2. The van der Waals surface area contributed by atoms with E-state index in [9.17, 15) is 15.0 Å². The number of hydrogen-bond acceptors (Lipinski definition) is 3. The van der Waals surface area contributed by atoms with E-state index in [2.05, 4.69) is 177 Å². The normalized spacial score (nSPS) is 13.8. The largest absolute Gasteiger partial charge is 0.394 e. The second-order valence-corrected chi connectivity index (χ2v) is 22.8. The fraction of sp³-hybridized carbons (Fsp3) is 0.633. The third kappa shape index (κ3) is 68.4. The molecule has 0 aromatic heterocycles. The monoisotopic (exact) mass is 1140 g/mol. The molecule has 470 valence electrons. The first-order valence-corrected chi connectivity index (χ1v) is 34.8. The molecule has 2 unspecified atom stereocenters. The van der Waals surface area contributed by atoms with Crippen LogP contribution in [0.4, 0.5) is 0 Å². The van der Waals surface area contributed by atoms with Crippen LogP contribution in [0.5, 0.6) is 0 Å². The van der Waals surface area contributed by atoms with Crippen molar-refractivity contribution in [3.8, 4) is 0 Å². The molecule has 0 fully saturated rings. The molecule has 0 saturated carbocycles. The zero-order valence-corrected chi connectivity index (χ0v) is 54.2. The van der Waals surface area contributed by atoms with Crippen molar-refractivity contribution in [2.45, 2.75) is 315 Å². The molecule has 0 aliphatic heterocycles. The molecule has 0 heterocycles. The van der Waals surface area contributed by atoms with Crippen molar-refractivity contribution in [1.82, 2.24) is 5.32 Å². The molecule has 0 aromatic rings. The SMILES string of the molecule is CC/C=C\C/C=C\C/C=C\C/C=C\C/C=C\C/C=C\C/C=C\C/C=C\C/C=C\C/C=C\C/C=C\CCCCCCCCCC(=O)NC(CO)C(O)/C=C/CC/C=C/CC/C=C/CCCCCCCCCCCCCCCCCCCCCC. The Labute approximate surface area is 515 Å². The maximum atomic E-state index is 12.5. The molecular weight excluding hydrogens is 1010 g/mol. The van der Waals surface area contributed by atoms with E-state index in [1.54, 1.807) is 6.08 Å². The quantitative estimate of drug-likeness (QED) is 0.0420. The van der Waals surface area contributed by atoms with Gasteiger partial charge in [-0.2, -0.15) is 0 Å². The molecule has 0 radical (unpaired) electrons. The van der Waals surface area contributed by atoms with Crippen LogP contribution < -0.4 is 5.32 Å². The minimum atomic E-state index is -0.889. The predicted molar refractivity (Wildman–Crippen MR) is 372 cm³/mol. The number of carbonyl (C=O) groups excluding carboxylic acids is 1. The highest BCUT2D eigenvalue weighted by molar-refractivity contribution is 5.76. The van der Waals surface area contributed by atoms with Crippen molar-refractivity contribution in [3.05, 3.63) is 170 Å². The highest BCUT2D eigenvalue weighted by Gasteiger charge is 2.18. The Hall–Kier alpha value is -4.25. The number of amides is 1. The summed E-state index contributed by atoms with van der Waals surface area (Å²) in [5.74, 6) is -0.0940. The van der Waals surface area contributed by atoms with Crippen molar-refractivity contribution in [2.24, 2.45) is 0 Å². The molecule has 0 rings (SSSR count). The van der Waals surface area contributed by atoms with E-state index in [0.29, 0.717) is 6.42 Å². The lowest BCUT2D eigenvalue weighted by atomic mass is 10.0. The van der Waals surface area contributed by atoms with Crippen molar-refractivity contribution < 1.29 is 15.0 Å². The summed E-state index contributed by atoms with van der Waals surface area (Å²) in [7, 11) is 0. The summed E-state index contributed by atoms with van der Waals surface area (Å²) in [6.07, 6.45) is 116. The van der Waals surface area contributed by atoms with E-state index in [-0.39, 0.29) is 12.5 Å². The summed E-state index contributed by atoms with van der Waals surface area (Å²) < 4.78 is 0. The number of rotatable bonds is 62. The summed E-state index contributed by atoms with van der Waals surface area (Å²) in [6.45, 7) is 4.19. The maximum Gasteiger partial charge on any atom is 0.220 e. The van der Waals surface area contributed by atoms with E-state index in [1.165, 1.54) is 161 Å². The second-order valence-electron chi connectivity index (χ2n) is 22.8. The van der Waals surface area contributed by atoms with E-state index < -0.39 is 12.1 Å². The van der Waals surface area contributed by atoms with Crippen molar-refractivity contribution in [1.29, 1.82) is 0 Å². The highest BCUT2D eigenvalue weighted by atomic mass is 16.3. The lowest BCUT2D eigenvalue weighted by molar-refractivity contribution is -0.123. The van der Waals surface area contributed by atoms with Gasteiger partial charge in [0.1, 0.15) is 0 Å². The van der Waals surface area contributed by atoms with Crippen LogP contribution in [0.1, 0.15) is 303 Å². The Morgan fingerprint density at radius 3 is 0.843 bits per heavy atom. The fourth-order valence-corrected chi connectivity index (χ4v) is 9.69. The first-order valence-electron chi connectivity index (χ1n) is 34.8. The Balaban J connectivity index is 3.66. The summed E-state index contributed by atoms with van der Waals surface area (Å²) in [5, 5.41) is 23.2.